The summed E-state index contributed by atoms with van der Waals surface area (Å²) in [6, 6.07) is 17.3. The molecule has 0 aliphatic rings. The van der Waals surface area contributed by atoms with Gasteiger partial charge >= 0.3 is 0 Å². The summed E-state index contributed by atoms with van der Waals surface area (Å²) in [5.41, 5.74) is 1.70. The predicted octanol–water partition coefficient (Wildman–Crippen LogP) is 4.92. The number of furan rings is 1. The van der Waals surface area contributed by atoms with Crippen LogP contribution in [0.1, 0.15) is 30.3 Å². The van der Waals surface area contributed by atoms with Crippen LogP contribution < -0.4 is 0 Å². The van der Waals surface area contributed by atoms with Crippen LogP contribution in [0, 0.1) is 0 Å². The van der Waals surface area contributed by atoms with Crippen LogP contribution in [0.4, 0.5) is 0 Å². The molecule has 102 valence electrons. The summed E-state index contributed by atoms with van der Waals surface area (Å²) >= 11 is 6.10. The molecule has 1 aromatic heterocycles. The molecule has 0 aliphatic heterocycles. The summed E-state index contributed by atoms with van der Waals surface area (Å²) in [6.07, 6.45) is -0.694. The fourth-order valence-corrected chi connectivity index (χ4v) is 2.60. The van der Waals surface area contributed by atoms with Gasteiger partial charge in [-0.2, -0.15) is 0 Å². The Labute approximate surface area is 122 Å². The number of aliphatic hydroxyl groups is 1. The Kier molecular flexibility index (Phi) is 3.51. The minimum atomic E-state index is -0.694. The molecule has 3 heteroatoms. The molecule has 1 N–H and O–H groups in total. The van der Waals surface area contributed by atoms with Crippen LogP contribution in [0.15, 0.2) is 59.0 Å². The van der Waals surface area contributed by atoms with Gasteiger partial charge in [0, 0.05) is 11.3 Å². The van der Waals surface area contributed by atoms with Crippen molar-refractivity contribution in [2.75, 3.05) is 0 Å². The maximum absolute atomic E-state index is 10.5. The molecule has 1 heterocycles. The van der Waals surface area contributed by atoms with Crippen molar-refractivity contribution < 1.29 is 9.52 Å². The van der Waals surface area contributed by atoms with Gasteiger partial charge < -0.3 is 9.52 Å². The van der Waals surface area contributed by atoms with E-state index in [0.717, 1.165) is 10.9 Å². The molecule has 3 aromatic rings. The lowest BCUT2D eigenvalue weighted by molar-refractivity contribution is 0.128. The van der Waals surface area contributed by atoms with Gasteiger partial charge in [0.15, 0.2) is 5.58 Å². The van der Waals surface area contributed by atoms with Crippen LogP contribution in [-0.2, 0) is 0 Å². The van der Waals surface area contributed by atoms with E-state index in [2.05, 4.69) is 0 Å². The third kappa shape index (κ3) is 2.33. The molecule has 0 amide bonds. The average molecular weight is 287 g/mol. The van der Waals surface area contributed by atoms with Crippen molar-refractivity contribution in [2.24, 2.45) is 0 Å². The van der Waals surface area contributed by atoms with E-state index in [1.54, 1.807) is 6.07 Å². The quantitative estimate of drug-likeness (QED) is 0.741. The van der Waals surface area contributed by atoms with E-state index in [9.17, 15) is 5.11 Å². The highest BCUT2D eigenvalue weighted by molar-refractivity contribution is 6.34. The van der Waals surface area contributed by atoms with Crippen molar-refractivity contribution in [2.45, 2.75) is 18.9 Å². The number of hydrogen-bond acceptors (Lipinski definition) is 2. The van der Waals surface area contributed by atoms with Crippen molar-refractivity contribution in [1.82, 2.24) is 0 Å². The third-order valence-corrected chi connectivity index (χ3v) is 3.90. The van der Waals surface area contributed by atoms with E-state index in [1.807, 2.05) is 55.5 Å². The number of fused-ring (bicyclic) bond motifs is 1. The maximum atomic E-state index is 10.5. The van der Waals surface area contributed by atoms with Crippen molar-refractivity contribution in [3.63, 3.8) is 0 Å². The van der Waals surface area contributed by atoms with Crippen LogP contribution in [0.25, 0.3) is 11.0 Å². The van der Waals surface area contributed by atoms with Gasteiger partial charge in [-0.3, -0.25) is 0 Å². The second-order valence-electron chi connectivity index (χ2n) is 4.95. The van der Waals surface area contributed by atoms with Gasteiger partial charge in [-0.25, -0.2) is 0 Å². The van der Waals surface area contributed by atoms with Crippen molar-refractivity contribution in [3.05, 3.63) is 70.9 Å². The molecule has 2 atom stereocenters. The topological polar surface area (TPSA) is 33.4 Å². The molecular weight excluding hydrogens is 272 g/mol. The van der Waals surface area contributed by atoms with Crippen LogP contribution in [-0.4, -0.2) is 5.11 Å². The van der Waals surface area contributed by atoms with E-state index in [-0.39, 0.29) is 5.92 Å². The highest BCUT2D eigenvalue weighted by atomic mass is 35.5. The second kappa shape index (κ2) is 5.31. The fraction of sp³-hybridized carbons (Fsp3) is 0.176. The predicted molar refractivity (Wildman–Crippen MR) is 81.0 cm³/mol. The Morgan fingerprint density at radius 3 is 2.50 bits per heavy atom. The van der Waals surface area contributed by atoms with Gasteiger partial charge in [0.05, 0.1) is 5.02 Å². The number of hydrogen-bond donors (Lipinski definition) is 1. The summed E-state index contributed by atoms with van der Waals surface area (Å²) in [4.78, 5) is 0. The van der Waals surface area contributed by atoms with Crippen molar-refractivity contribution >= 4 is 22.6 Å². The summed E-state index contributed by atoms with van der Waals surface area (Å²) in [6.45, 7) is 1.98. The minimum absolute atomic E-state index is 0.0458. The number of benzene rings is 2. The minimum Gasteiger partial charge on any atom is -0.457 e. The number of aliphatic hydroxyl groups excluding tert-OH is 1. The standard InChI is InChI=1S/C17H15ClO2/c1-11(12-6-3-2-4-7-12)16(19)15-10-13-8-5-9-14(18)17(13)20-15/h2-11,16,19H,1H3. The molecule has 0 fully saturated rings. The first-order valence-corrected chi connectivity index (χ1v) is 6.95. The summed E-state index contributed by atoms with van der Waals surface area (Å²) in [5, 5.41) is 12.0. The third-order valence-electron chi connectivity index (χ3n) is 3.61. The van der Waals surface area contributed by atoms with Gasteiger partial charge in [0.25, 0.3) is 0 Å². The van der Waals surface area contributed by atoms with E-state index in [0.29, 0.717) is 16.4 Å². The largest absolute Gasteiger partial charge is 0.457 e. The summed E-state index contributed by atoms with van der Waals surface area (Å²) < 4.78 is 5.72. The Hall–Kier alpha value is -1.77. The van der Waals surface area contributed by atoms with Gasteiger partial charge in [-0.05, 0) is 17.7 Å². The lowest BCUT2D eigenvalue weighted by Gasteiger charge is -2.17. The molecule has 0 saturated carbocycles. The monoisotopic (exact) mass is 286 g/mol. The molecule has 3 rings (SSSR count). The van der Waals surface area contributed by atoms with E-state index < -0.39 is 6.10 Å². The smallest absolute Gasteiger partial charge is 0.152 e. The second-order valence-corrected chi connectivity index (χ2v) is 5.36. The van der Waals surface area contributed by atoms with E-state index in [4.69, 9.17) is 16.0 Å². The Balaban J connectivity index is 1.96. The molecule has 2 aromatic carbocycles. The average Bonchev–Trinajstić information content (AvgIpc) is 2.92. The van der Waals surface area contributed by atoms with Gasteiger partial charge in [0.2, 0.25) is 0 Å². The molecule has 0 saturated heterocycles. The summed E-state index contributed by atoms with van der Waals surface area (Å²) in [5.74, 6) is 0.500. The van der Waals surface area contributed by atoms with Gasteiger partial charge in [-0.15, -0.1) is 0 Å². The Morgan fingerprint density at radius 1 is 1.05 bits per heavy atom. The molecular formula is C17H15ClO2. The highest BCUT2D eigenvalue weighted by Crippen LogP contribution is 2.35. The first kappa shape index (κ1) is 13.2. The first-order chi connectivity index (χ1) is 9.66. The fourth-order valence-electron chi connectivity index (χ4n) is 2.38. The lowest BCUT2D eigenvalue weighted by atomic mass is 9.94. The SMILES string of the molecule is CC(c1ccccc1)C(O)c1cc2cccc(Cl)c2o1. The number of para-hydroxylation sites is 1. The highest BCUT2D eigenvalue weighted by Gasteiger charge is 2.22. The zero-order chi connectivity index (χ0) is 14.1. The zero-order valence-corrected chi connectivity index (χ0v) is 11.8. The normalized spacial score (nSPS) is 14.3. The van der Waals surface area contributed by atoms with E-state index in [1.165, 1.54) is 0 Å². The molecule has 0 aliphatic carbocycles. The molecule has 0 radical (unpaired) electrons. The van der Waals surface area contributed by atoms with Crippen LogP contribution >= 0.6 is 11.6 Å². The van der Waals surface area contributed by atoms with Crippen LogP contribution in [0.3, 0.4) is 0 Å². The Bertz CT molecular complexity index is 718. The lowest BCUT2D eigenvalue weighted by Crippen LogP contribution is -2.06. The molecule has 0 bridgehead atoms. The first-order valence-electron chi connectivity index (χ1n) is 6.58. The summed E-state index contributed by atoms with van der Waals surface area (Å²) in [7, 11) is 0. The van der Waals surface area contributed by atoms with Crippen LogP contribution in [0.2, 0.25) is 5.02 Å². The van der Waals surface area contributed by atoms with Gasteiger partial charge in [0.1, 0.15) is 11.9 Å². The zero-order valence-electron chi connectivity index (χ0n) is 11.1. The number of rotatable bonds is 3. The molecule has 20 heavy (non-hydrogen) atoms. The van der Waals surface area contributed by atoms with Crippen molar-refractivity contribution in [3.8, 4) is 0 Å². The van der Waals surface area contributed by atoms with Crippen molar-refractivity contribution in [1.29, 1.82) is 0 Å². The maximum Gasteiger partial charge on any atom is 0.152 e. The molecule has 0 spiro atoms. The van der Waals surface area contributed by atoms with Crippen LogP contribution in [0.5, 0.6) is 0 Å². The molecule has 2 nitrogen and oxygen atoms in total. The van der Waals surface area contributed by atoms with Gasteiger partial charge in [-0.1, -0.05) is 61.0 Å². The number of halogens is 1. The Morgan fingerprint density at radius 2 is 1.80 bits per heavy atom. The van der Waals surface area contributed by atoms with E-state index >= 15 is 0 Å². The molecule has 2 unspecified atom stereocenters.